The molecular weight excluding hydrogens is 373 g/mol. The van der Waals surface area contributed by atoms with Crippen molar-refractivity contribution in [3.63, 3.8) is 0 Å². The molecule has 0 atom stereocenters. The lowest BCUT2D eigenvalue weighted by Crippen LogP contribution is -2.29. The second-order valence-corrected chi connectivity index (χ2v) is 7.15. The maximum atomic E-state index is 13.4. The molecule has 5 nitrogen and oxygen atoms in total. The highest BCUT2D eigenvalue weighted by Crippen LogP contribution is 2.33. The molecule has 0 fully saturated rings. The van der Waals surface area contributed by atoms with Crippen LogP contribution in [0, 0.1) is 6.92 Å². The Hall–Kier alpha value is -2.35. The number of esters is 1. The average molecular weight is 398 g/mol. The van der Waals surface area contributed by atoms with Crippen LogP contribution in [0.2, 0.25) is 0 Å². The predicted molar refractivity (Wildman–Crippen MR) is 98.4 cm³/mol. The number of halogens is 3. The summed E-state index contributed by atoms with van der Waals surface area (Å²) in [6.45, 7) is 7.45. The van der Waals surface area contributed by atoms with Crippen LogP contribution in [0.3, 0.4) is 0 Å². The van der Waals surface area contributed by atoms with E-state index in [1.807, 2.05) is 13.8 Å². The van der Waals surface area contributed by atoms with Crippen LogP contribution in [0.25, 0.3) is 0 Å². The molecule has 0 aliphatic carbocycles. The third kappa shape index (κ3) is 4.55. The molecule has 1 aromatic heterocycles. The Balaban J connectivity index is 2.61. The number of aromatic nitrogens is 2. The van der Waals surface area contributed by atoms with Crippen molar-refractivity contribution in [2.24, 2.45) is 0 Å². The van der Waals surface area contributed by atoms with Crippen molar-refractivity contribution in [3.8, 4) is 0 Å². The number of nitrogens with zero attached hydrogens (tertiary/aromatic N) is 2. The molecule has 0 saturated heterocycles. The Morgan fingerprint density at radius 2 is 1.86 bits per heavy atom. The summed E-state index contributed by atoms with van der Waals surface area (Å²) in [5.41, 5.74) is -0.686. The largest absolute Gasteiger partial charge is 0.461 e. The van der Waals surface area contributed by atoms with Crippen LogP contribution in [-0.2, 0) is 27.6 Å². The zero-order chi connectivity index (χ0) is 21.1. The number of methoxy groups -OCH3 is 1. The lowest BCUT2D eigenvalue weighted by molar-refractivity contribution is -0.138. The lowest BCUT2D eigenvalue weighted by Gasteiger charge is -2.25. The van der Waals surface area contributed by atoms with Gasteiger partial charge in [-0.2, -0.15) is 13.2 Å². The van der Waals surface area contributed by atoms with E-state index in [0.717, 1.165) is 6.07 Å². The van der Waals surface area contributed by atoms with Gasteiger partial charge >= 0.3 is 12.1 Å². The van der Waals surface area contributed by atoms with Crippen molar-refractivity contribution in [1.82, 2.24) is 9.55 Å². The quantitative estimate of drug-likeness (QED) is 0.651. The highest BCUT2D eigenvalue weighted by Gasteiger charge is 2.35. The van der Waals surface area contributed by atoms with E-state index in [1.54, 1.807) is 24.5 Å². The molecule has 0 saturated carbocycles. The Labute approximate surface area is 162 Å². The molecule has 0 aliphatic heterocycles. The van der Waals surface area contributed by atoms with Crippen LogP contribution in [-0.4, -0.2) is 35.8 Å². The van der Waals surface area contributed by atoms with Crippen molar-refractivity contribution in [2.45, 2.75) is 45.8 Å². The summed E-state index contributed by atoms with van der Waals surface area (Å²) < 4.78 is 52.2. The van der Waals surface area contributed by atoms with Crippen LogP contribution < -0.4 is 0 Å². The van der Waals surface area contributed by atoms with Crippen LogP contribution in [0.4, 0.5) is 13.2 Å². The zero-order valence-electron chi connectivity index (χ0n) is 16.7. The maximum absolute atomic E-state index is 13.4. The van der Waals surface area contributed by atoms with Gasteiger partial charge in [0.25, 0.3) is 0 Å². The summed E-state index contributed by atoms with van der Waals surface area (Å²) in [6.07, 6.45) is -4.47. The van der Waals surface area contributed by atoms with Gasteiger partial charge in [-0.3, -0.25) is 0 Å². The number of alkyl halides is 3. The molecule has 0 radical (unpaired) electrons. The number of carbonyl (C=O) groups is 1. The summed E-state index contributed by atoms with van der Waals surface area (Å²) in [6, 6.07) is 5.39. The van der Waals surface area contributed by atoms with Gasteiger partial charge in [0.2, 0.25) is 0 Å². The monoisotopic (exact) mass is 398 g/mol. The van der Waals surface area contributed by atoms with Crippen molar-refractivity contribution < 1.29 is 27.4 Å². The molecule has 2 aromatic rings. The number of imidazole rings is 1. The molecule has 0 unspecified atom stereocenters. The number of rotatable bonds is 7. The van der Waals surface area contributed by atoms with E-state index in [4.69, 9.17) is 9.47 Å². The molecule has 0 N–H and O–H groups in total. The van der Waals surface area contributed by atoms with Gasteiger partial charge in [0, 0.05) is 24.8 Å². The van der Waals surface area contributed by atoms with Gasteiger partial charge in [-0.15, -0.1) is 0 Å². The fraction of sp³-hybridized carbons (Fsp3) is 0.500. The van der Waals surface area contributed by atoms with Gasteiger partial charge in [-0.05, 0) is 25.5 Å². The molecule has 154 valence electrons. The highest BCUT2D eigenvalue weighted by atomic mass is 19.4. The van der Waals surface area contributed by atoms with Crippen LogP contribution in [0.15, 0.2) is 24.3 Å². The van der Waals surface area contributed by atoms with Crippen LogP contribution >= 0.6 is 0 Å². The van der Waals surface area contributed by atoms with Crippen molar-refractivity contribution >= 4 is 5.97 Å². The minimum absolute atomic E-state index is 0.0730. The fourth-order valence-corrected chi connectivity index (χ4v) is 3.17. The number of hydrogen-bond donors (Lipinski definition) is 0. The Bertz CT molecular complexity index is 842. The number of hydrogen-bond acceptors (Lipinski definition) is 4. The topological polar surface area (TPSA) is 53.4 Å². The minimum Gasteiger partial charge on any atom is -0.461 e. The average Bonchev–Trinajstić information content (AvgIpc) is 2.92. The second-order valence-electron chi connectivity index (χ2n) is 7.15. The summed E-state index contributed by atoms with van der Waals surface area (Å²) in [7, 11) is 1.53. The fourth-order valence-electron chi connectivity index (χ4n) is 3.17. The van der Waals surface area contributed by atoms with Crippen molar-refractivity contribution in [3.05, 3.63) is 52.6 Å². The third-order valence-electron chi connectivity index (χ3n) is 4.45. The van der Waals surface area contributed by atoms with Gasteiger partial charge in [0.05, 0.1) is 18.8 Å². The molecule has 2 rings (SSSR count). The Morgan fingerprint density at radius 3 is 2.43 bits per heavy atom. The summed E-state index contributed by atoms with van der Waals surface area (Å²) >= 11 is 0. The van der Waals surface area contributed by atoms with Gasteiger partial charge in [0.1, 0.15) is 5.82 Å². The minimum atomic E-state index is -4.47. The molecule has 1 heterocycles. The Kier molecular flexibility index (Phi) is 6.54. The van der Waals surface area contributed by atoms with E-state index in [1.165, 1.54) is 19.2 Å². The molecule has 0 spiro atoms. The molecule has 28 heavy (non-hydrogen) atoms. The first-order valence-corrected chi connectivity index (χ1v) is 8.91. The third-order valence-corrected chi connectivity index (χ3v) is 4.45. The highest BCUT2D eigenvalue weighted by molar-refractivity contribution is 5.88. The van der Waals surface area contributed by atoms with Gasteiger partial charge in [0.15, 0.2) is 5.69 Å². The van der Waals surface area contributed by atoms with E-state index < -0.39 is 23.1 Å². The molecule has 0 aliphatic rings. The Morgan fingerprint density at radius 1 is 1.21 bits per heavy atom. The molecular formula is C20H25F3N2O3. The normalized spacial score (nSPS) is 12.3. The maximum Gasteiger partial charge on any atom is 0.416 e. The number of benzene rings is 1. The van der Waals surface area contributed by atoms with E-state index in [2.05, 4.69) is 4.98 Å². The van der Waals surface area contributed by atoms with E-state index in [0.29, 0.717) is 11.5 Å². The standard InChI is InChI=1S/C20H25F3N2O3/c1-6-28-17(26)16-13(2)25(18(24-16)19(3,4)12-27-5)11-14-9-7-8-10-15(14)20(21,22)23/h7-10H,6,11-12H2,1-5H3. The first kappa shape index (κ1) is 21.9. The van der Waals surface area contributed by atoms with Gasteiger partial charge < -0.3 is 14.0 Å². The first-order chi connectivity index (χ1) is 13.0. The second kappa shape index (κ2) is 8.34. The van der Waals surface area contributed by atoms with E-state index in [9.17, 15) is 18.0 Å². The van der Waals surface area contributed by atoms with E-state index in [-0.39, 0.29) is 31.0 Å². The summed E-state index contributed by atoms with van der Waals surface area (Å²) in [5.74, 6) is -0.135. The van der Waals surface area contributed by atoms with Crippen molar-refractivity contribution in [1.29, 1.82) is 0 Å². The smallest absolute Gasteiger partial charge is 0.416 e. The summed E-state index contributed by atoms with van der Waals surface area (Å²) in [4.78, 5) is 16.7. The number of carbonyl (C=O) groups excluding carboxylic acids is 1. The SMILES string of the molecule is CCOC(=O)c1nc(C(C)(C)COC)n(Cc2ccccc2C(F)(F)F)c1C. The molecule has 0 bridgehead atoms. The lowest BCUT2D eigenvalue weighted by atomic mass is 9.93. The van der Waals surface area contributed by atoms with Crippen LogP contribution in [0.5, 0.6) is 0 Å². The van der Waals surface area contributed by atoms with Gasteiger partial charge in [-0.25, -0.2) is 9.78 Å². The molecule has 8 heteroatoms. The van der Waals surface area contributed by atoms with E-state index >= 15 is 0 Å². The molecule has 1 aromatic carbocycles. The summed E-state index contributed by atoms with van der Waals surface area (Å²) in [5, 5.41) is 0. The van der Waals surface area contributed by atoms with Gasteiger partial charge in [-0.1, -0.05) is 32.0 Å². The van der Waals surface area contributed by atoms with Crippen molar-refractivity contribution in [2.75, 3.05) is 20.3 Å². The molecule has 0 amide bonds. The predicted octanol–water partition coefficient (Wildman–Crippen LogP) is 4.36. The number of ether oxygens (including phenoxy) is 2. The zero-order valence-corrected chi connectivity index (χ0v) is 16.7. The first-order valence-electron chi connectivity index (χ1n) is 8.91. The van der Waals surface area contributed by atoms with Crippen LogP contribution in [0.1, 0.15) is 53.9 Å².